The van der Waals surface area contributed by atoms with Crippen LogP contribution in [0.1, 0.15) is 52.4 Å². The minimum Gasteiger partial charge on any atom is -0.379 e. The van der Waals surface area contributed by atoms with Crippen molar-refractivity contribution in [1.82, 2.24) is 5.32 Å². The van der Waals surface area contributed by atoms with E-state index >= 15 is 0 Å². The number of rotatable bonds is 7. The number of ketones is 1. The lowest BCUT2D eigenvalue weighted by Crippen LogP contribution is -2.42. The molecule has 0 aromatic carbocycles. The summed E-state index contributed by atoms with van der Waals surface area (Å²) in [6, 6.07) is -0.0933. The minimum absolute atomic E-state index is 0.0933. The second kappa shape index (κ2) is 6.92. The Balaban J connectivity index is 2.02. The SMILES string of the molecule is C=C(NC(CC1=CCCC=C1)C(=O)C1CCC1)C(C)C. The first-order valence-corrected chi connectivity index (χ1v) is 7.92. The van der Waals surface area contributed by atoms with Crippen LogP contribution in [-0.2, 0) is 4.79 Å². The molecule has 1 fully saturated rings. The molecule has 2 aliphatic rings. The molecular formula is C18H27NO. The van der Waals surface area contributed by atoms with E-state index in [0.29, 0.717) is 11.7 Å². The summed E-state index contributed by atoms with van der Waals surface area (Å²) in [5.74, 6) is 1.03. The summed E-state index contributed by atoms with van der Waals surface area (Å²) in [5, 5.41) is 3.39. The zero-order valence-corrected chi connectivity index (χ0v) is 12.8. The van der Waals surface area contributed by atoms with Crippen molar-refractivity contribution in [2.75, 3.05) is 0 Å². The molecule has 2 aliphatic carbocycles. The molecule has 1 N–H and O–H groups in total. The van der Waals surface area contributed by atoms with Crippen molar-refractivity contribution in [2.45, 2.75) is 58.4 Å². The molecular weight excluding hydrogens is 246 g/mol. The van der Waals surface area contributed by atoms with Crippen molar-refractivity contribution >= 4 is 5.78 Å². The highest BCUT2D eigenvalue weighted by molar-refractivity contribution is 5.87. The van der Waals surface area contributed by atoms with Gasteiger partial charge in [0.05, 0.1) is 6.04 Å². The highest BCUT2D eigenvalue weighted by Gasteiger charge is 2.31. The number of allylic oxidation sites excluding steroid dienone is 4. The predicted octanol–water partition coefficient (Wildman–Crippen LogP) is 4.15. The summed E-state index contributed by atoms with van der Waals surface area (Å²) >= 11 is 0. The molecule has 0 amide bonds. The number of carbonyl (C=O) groups is 1. The van der Waals surface area contributed by atoms with Gasteiger partial charge in [-0.05, 0) is 43.6 Å². The van der Waals surface area contributed by atoms with E-state index in [1.54, 1.807) is 0 Å². The average molecular weight is 273 g/mol. The Morgan fingerprint density at radius 3 is 2.65 bits per heavy atom. The van der Waals surface area contributed by atoms with Crippen LogP contribution in [0.25, 0.3) is 0 Å². The Labute approximate surface area is 123 Å². The van der Waals surface area contributed by atoms with Gasteiger partial charge in [-0.25, -0.2) is 0 Å². The Kier molecular flexibility index (Phi) is 5.22. The Morgan fingerprint density at radius 2 is 2.15 bits per heavy atom. The number of nitrogens with one attached hydrogen (secondary N) is 1. The highest BCUT2D eigenvalue weighted by Crippen LogP contribution is 2.30. The average Bonchev–Trinajstić information content (AvgIpc) is 2.36. The van der Waals surface area contributed by atoms with Crippen LogP contribution in [0.2, 0.25) is 0 Å². The molecule has 0 saturated heterocycles. The normalized spacial score (nSPS) is 20.2. The first-order valence-electron chi connectivity index (χ1n) is 7.92. The standard InChI is InChI=1S/C18H27NO/c1-13(2)14(3)19-17(18(20)16-10-7-11-16)12-15-8-5-4-6-9-15/h5,8-9,13,16-17,19H,3-4,6-7,10-12H2,1-2H3. The summed E-state index contributed by atoms with van der Waals surface area (Å²) in [5.41, 5.74) is 2.26. The summed E-state index contributed by atoms with van der Waals surface area (Å²) < 4.78 is 0. The van der Waals surface area contributed by atoms with E-state index in [4.69, 9.17) is 0 Å². The predicted molar refractivity (Wildman–Crippen MR) is 84.3 cm³/mol. The first kappa shape index (κ1) is 15.1. The van der Waals surface area contributed by atoms with Crippen molar-refractivity contribution in [1.29, 1.82) is 0 Å². The van der Waals surface area contributed by atoms with E-state index in [0.717, 1.165) is 37.8 Å². The molecule has 2 rings (SSSR count). The highest BCUT2D eigenvalue weighted by atomic mass is 16.1. The van der Waals surface area contributed by atoms with Crippen molar-refractivity contribution < 1.29 is 4.79 Å². The maximum atomic E-state index is 12.6. The summed E-state index contributed by atoms with van der Waals surface area (Å²) in [7, 11) is 0. The zero-order chi connectivity index (χ0) is 14.5. The minimum atomic E-state index is -0.0933. The topological polar surface area (TPSA) is 29.1 Å². The largest absolute Gasteiger partial charge is 0.379 e. The van der Waals surface area contributed by atoms with E-state index in [1.165, 1.54) is 12.0 Å². The zero-order valence-electron chi connectivity index (χ0n) is 12.8. The molecule has 2 nitrogen and oxygen atoms in total. The van der Waals surface area contributed by atoms with Gasteiger partial charge >= 0.3 is 0 Å². The van der Waals surface area contributed by atoms with Gasteiger partial charge in [0, 0.05) is 11.6 Å². The lowest BCUT2D eigenvalue weighted by atomic mass is 9.78. The van der Waals surface area contributed by atoms with E-state index < -0.39 is 0 Å². The molecule has 0 radical (unpaired) electrons. The molecule has 0 heterocycles. The van der Waals surface area contributed by atoms with Crippen LogP contribution in [0.5, 0.6) is 0 Å². The van der Waals surface area contributed by atoms with Crippen LogP contribution in [0.15, 0.2) is 36.1 Å². The van der Waals surface area contributed by atoms with E-state index in [9.17, 15) is 4.79 Å². The van der Waals surface area contributed by atoms with Crippen LogP contribution < -0.4 is 5.32 Å². The first-order chi connectivity index (χ1) is 9.58. The van der Waals surface area contributed by atoms with Crippen molar-refractivity contribution in [2.24, 2.45) is 11.8 Å². The van der Waals surface area contributed by atoms with Crippen LogP contribution in [0.4, 0.5) is 0 Å². The Hall–Kier alpha value is -1.31. The van der Waals surface area contributed by atoms with Crippen molar-refractivity contribution in [3.63, 3.8) is 0 Å². The number of carbonyl (C=O) groups excluding carboxylic acids is 1. The Bertz CT molecular complexity index is 427. The summed E-state index contributed by atoms with van der Waals surface area (Å²) in [6.45, 7) is 8.29. The van der Waals surface area contributed by atoms with Crippen LogP contribution in [0, 0.1) is 11.8 Å². The number of hydrogen-bond acceptors (Lipinski definition) is 2. The van der Waals surface area contributed by atoms with Crippen LogP contribution >= 0.6 is 0 Å². The van der Waals surface area contributed by atoms with Crippen molar-refractivity contribution in [3.8, 4) is 0 Å². The molecule has 20 heavy (non-hydrogen) atoms. The molecule has 1 unspecified atom stereocenters. The lowest BCUT2D eigenvalue weighted by molar-refractivity contribution is -0.127. The summed E-state index contributed by atoms with van der Waals surface area (Å²) in [4.78, 5) is 12.6. The fourth-order valence-electron chi connectivity index (χ4n) is 2.65. The number of hydrogen-bond donors (Lipinski definition) is 1. The van der Waals surface area contributed by atoms with Gasteiger partial charge in [-0.1, -0.05) is 45.1 Å². The monoisotopic (exact) mass is 273 g/mol. The molecule has 110 valence electrons. The Morgan fingerprint density at radius 1 is 1.40 bits per heavy atom. The fourth-order valence-corrected chi connectivity index (χ4v) is 2.65. The lowest BCUT2D eigenvalue weighted by Gasteiger charge is -2.31. The maximum absolute atomic E-state index is 12.6. The molecule has 0 aromatic heterocycles. The van der Waals surface area contributed by atoms with Gasteiger partial charge in [0.1, 0.15) is 0 Å². The third-order valence-corrected chi connectivity index (χ3v) is 4.42. The fraction of sp³-hybridized carbons (Fsp3) is 0.611. The molecule has 0 bridgehead atoms. The number of Topliss-reactive ketones (excluding diaryl/α,β-unsaturated/α-hetero) is 1. The van der Waals surface area contributed by atoms with Gasteiger partial charge in [-0.15, -0.1) is 0 Å². The second-order valence-corrected chi connectivity index (χ2v) is 6.37. The summed E-state index contributed by atoms with van der Waals surface area (Å²) in [6.07, 6.45) is 13.0. The van der Waals surface area contributed by atoms with Crippen molar-refractivity contribution in [3.05, 3.63) is 36.1 Å². The van der Waals surface area contributed by atoms with E-state index in [1.807, 2.05) is 0 Å². The van der Waals surface area contributed by atoms with Gasteiger partial charge in [0.15, 0.2) is 5.78 Å². The molecule has 0 aromatic rings. The molecule has 2 heteroatoms. The second-order valence-electron chi connectivity index (χ2n) is 6.37. The van der Waals surface area contributed by atoms with E-state index in [2.05, 4.69) is 44.0 Å². The van der Waals surface area contributed by atoms with Gasteiger partial charge in [-0.2, -0.15) is 0 Å². The van der Waals surface area contributed by atoms with Gasteiger partial charge < -0.3 is 5.32 Å². The quantitative estimate of drug-likeness (QED) is 0.755. The third kappa shape index (κ3) is 3.84. The molecule has 1 saturated carbocycles. The van der Waals surface area contributed by atoms with Gasteiger partial charge in [0.2, 0.25) is 0 Å². The van der Waals surface area contributed by atoms with E-state index in [-0.39, 0.29) is 12.0 Å². The third-order valence-electron chi connectivity index (χ3n) is 4.42. The molecule has 0 spiro atoms. The molecule has 1 atom stereocenters. The van der Waals surface area contributed by atoms with Gasteiger partial charge in [-0.3, -0.25) is 4.79 Å². The van der Waals surface area contributed by atoms with Crippen LogP contribution in [0.3, 0.4) is 0 Å². The maximum Gasteiger partial charge on any atom is 0.158 e. The molecule has 0 aliphatic heterocycles. The van der Waals surface area contributed by atoms with Gasteiger partial charge in [0.25, 0.3) is 0 Å². The smallest absolute Gasteiger partial charge is 0.158 e. The van der Waals surface area contributed by atoms with Crippen LogP contribution in [-0.4, -0.2) is 11.8 Å².